The van der Waals surface area contributed by atoms with Crippen molar-refractivity contribution >= 4 is 57.9 Å². The Morgan fingerprint density at radius 3 is 2.43 bits per heavy atom. The number of anilines is 3. The number of amides is 3. The molecule has 0 radical (unpaired) electrons. The van der Waals surface area contributed by atoms with Crippen LogP contribution in [0.4, 0.5) is 21.9 Å². The van der Waals surface area contributed by atoms with Crippen LogP contribution in [0.3, 0.4) is 0 Å². The van der Waals surface area contributed by atoms with Crippen molar-refractivity contribution in [3.63, 3.8) is 0 Å². The van der Waals surface area contributed by atoms with Crippen LogP contribution in [0.1, 0.15) is 0 Å². The van der Waals surface area contributed by atoms with Crippen LogP contribution < -0.4 is 26.4 Å². The van der Waals surface area contributed by atoms with Crippen LogP contribution in [0.15, 0.2) is 30.3 Å². The lowest BCUT2D eigenvalue weighted by atomic mass is 10.2. The zero-order valence-electron chi connectivity index (χ0n) is 14.4. The fraction of sp³-hybridized carbons (Fsp3) is 0.0588. The summed E-state index contributed by atoms with van der Waals surface area (Å²) < 4.78 is 5.70. The van der Waals surface area contributed by atoms with Crippen molar-refractivity contribution in [2.45, 2.75) is 0 Å². The average molecular weight is 421 g/mol. The molecule has 0 spiro atoms. The second kappa shape index (κ2) is 8.94. The summed E-state index contributed by atoms with van der Waals surface area (Å²) in [6.07, 6.45) is 0. The quantitative estimate of drug-likeness (QED) is 0.367. The molecule has 0 heterocycles. The molecule has 0 saturated carbocycles. The van der Waals surface area contributed by atoms with E-state index in [4.69, 9.17) is 44.3 Å². The number of hydrogen-bond donors (Lipinski definition) is 5. The molecular weight excluding hydrogens is 407 g/mol. The van der Waals surface area contributed by atoms with Crippen LogP contribution in [0, 0.1) is 16.7 Å². The van der Waals surface area contributed by atoms with E-state index in [1.807, 2.05) is 5.32 Å². The molecule has 0 aromatic heterocycles. The van der Waals surface area contributed by atoms with Crippen molar-refractivity contribution in [1.29, 1.82) is 10.7 Å². The summed E-state index contributed by atoms with van der Waals surface area (Å²) in [4.78, 5) is 23.1. The highest BCUT2D eigenvalue weighted by molar-refractivity contribution is 6.46. The Labute approximate surface area is 169 Å². The van der Waals surface area contributed by atoms with E-state index in [1.165, 1.54) is 18.2 Å². The molecule has 2 rings (SSSR count). The third kappa shape index (κ3) is 5.03. The van der Waals surface area contributed by atoms with Crippen LogP contribution in [0.2, 0.25) is 10.0 Å². The number of carbonyl (C=O) groups is 2. The first-order valence-corrected chi connectivity index (χ1v) is 8.36. The Hall–Kier alpha value is -3.48. The number of nitrogens with zero attached hydrogens (tertiary/aromatic N) is 1. The van der Waals surface area contributed by atoms with Crippen LogP contribution >= 0.6 is 23.2 Å². The van der Waals surface area contributed by atoms with Crippen LogP contribution in [0.5, 0.6) is 11.5 Å². The van der Waals surface area contributed by atoms with Gasteiger partial charge in [-0.2, -0.15) is 5.26 Å². The molecule has 9 nitrogen and oxygen atoms in total. The predicted molar refractivity (Wildman–Crippen MR) is 107 cm³/mol. The molecule has 2 aromatic rings. The number of imide groups is 1. The van der Waals surface area contributed by atoms with Crippen LogP contribution in [0.25, 0.3) is 0 Å². The minimum atomic E-state index is -1.14. The van der Waals surface area contributed by atoms with Crippen molar-refractivity contribution < 1.29 is 14.3 Å². The number of nitrogen functional groups attached to an aromatic ring is 1. The maximum atomic E-state index is 11.8. The molecule has 144 valence electrons. The highest BCUT2D eigenvalue weighted by atomic mass is 35.5. The average Bonchev–Trinajstić information content (AvgIpc) is 2.65. The number of halogens is 2. The number of carbonyl (C=O) groups excluding carboxylic acids is 2. The first kappa shape index (κ1) is 20.8. The van der Waals surface area contributed by atoms with Crippen molar-refractivity contribution in [3.8, 4) is 17.6 Å². The highest BCUT2D eigenvalue weighted by Crippen LogP contribution is 2.39. The first-order valence-electron chi connectivity index (χ1n) is 7.60. The monoisotopic (exact) mass is 420 g/mol. The van der Waals surface area contributed by atoms with E-state index in [1.54, 1.807) is 25.2 Å². The third-order valence-electron chi connectivity index (χ3n) is 3.34. The van der Waals surface area contributed by atoms with Gasteiger partial charge in [-0.3, -0.25) is 15.5 Å². The number of urea groups is 1. The summed E-state index contributed by atoms with van der Waals surface area (Å²) in [5, 5.41) is 22.8. The molecule has 2 aromatic carbocycles. The molecule has 0 aliphatic carbocycles. The fourth-order valence-corrected chi connectivity index (χ4v) is 2.61. The summed E-state index contributed by atoms with van der Waals surface area (Å²) in [7, 11) is 1.71. The van der Waals surface area contributed by atoms with Gasteiger partial charge in [-0.15, -0.1) is 0 Å². The smallest absolute Gasteiger partial charge is 0.326 e. The van der Waals surface area contributed by atoms with Crippen molar-refractivity contribution in [1.82, 2.24) is 5.32 Å². The van der Waals surface area contributed by atoms with Gasteiger partial charge < -0.3 is 21.1 Å². The van der Waals surface area contributed by atoms with E-state index in [0.29, 0.717) is 17.1 Å². The molecule has 0 bridgehead atoms. The number of nitrogens with one attached hydrogen (secondary N) is 4. The van der Waals surface area contributed by atoms with E-state index >= 15 is 0 Å². The largest absolute Gasteiger partial charge is 0.454 e. The SMILES string of the molecule is CNc1cc(Oc2c(Cl)cc(NC(=O)NC(=O)C(=N)C#N)cc2Cl)ccc1N. The van der Waals surface area contributed by atoms with Gasteiger partial charge in [0.25, 0.3) is 5.91 Å². The first-order chi connectivity index (χ1) is 13.2. The van der Waals surface area contributed by atoms with Crippen LogP contribution in [-0.4, -0.2) is 24.7 Å². The molecule has 0 aliphatic rings. The Morgan fingerprint density at radius 2 is 1.86 bits per heavy atom. The standard InChI is InChI=1S/C17H14Cl2N6O3/c1-23-14-6-9(2-3-12(14)21)28-15-10(18)4-8(5-11(15)19)24-17(27)25-16(26)13(22)7-20/h2-6,22-23H,21H2,1H3,(H2,24,25,26,27). The zero-order valence-corrected chi connectivity index (χ0v) is 15.9. The number of rotatable bonds is 5. The molecule has 6 N–H and O–H groups in total. The van der Waals surface area contributed by atoms with Crippen molar-refractivity contribution in [2.24, 2.45) is 0 Å². The number of nitrogens with two attached hydrogens (primary N) is 1. The lowest BCUT2D eigenvalue weighted by Gasteiger charge is -2.14. The second-order valence-corrected chi connectivity index (χ2v) is 6.08. The van der Waals surface area contributed by atoms with Gasteiger partial charge in [-0.05, 0) is 24.3 Å². The Kier molecular flexibility index (Phi) is 6.65. The molecule has 3 amide bonds. The van der Waals surface area contributed by atoms with Crippen LogP contribution in [-0.2, 0) is 4.79 Å². The number of nitriles is 1. The Morgan fingerprint density at radius 1 is 1.21 bits per heavy atom. The lowest BCUT2D eigenvalue weighted by Crippen LogP contribution is -2.38. The van der Waals surface area contributed by atoms with Gasteiger partial charge in [-0.25, -0.2) is 4.79 Å². The third-order valence-corrected chi connectivity index (χ3v) is 3.90. The minimum Gasteiger partial charge on any atom is -0.454 e. The van der Waals surface area contributed by atoms with Gasteiger partial charge in [0.1, 0.15) is 11.8 Å². The summed E-state index contributed by atoms with van der Waals surface area (Å²) >= 11 is 12.4. The predicted octanol–water partition coefficient (Wildman–Crippen LogP) is 3.60. The highest BCUT2D eigenvalue weighted by Gasteiger charge is 2.16. The molecule has 0 aliphatic heterocycles. The maximum absolute atomic E-state index is 11.8. The van der Waals surface area contributed by atoms with Gasteiger partial charge in [-0.1, -0.05) is 23.2 Å². The fourth-order valence-electron chi connectivity index (χ4n) is 2.04. The summed E-state index contributed by atoms with van der Waals surface area (Å²) in [6.45, 7) is 0. The van der Waals surface area contributed by atoms with Gasteiger partial charge in [0.2, 0.25) is 0 Å². The summed E-state index contributed by atoms with van der Waals surface area (Å²) in [5.74, 6) is -0.550. The van der Waals surface area contributed by atoms with Crippen molar-refractivity contribution in [3.05, 3.63) is 40.4 Å². The number of benzene rings is 2. The van der Waals surface area contributed by atoms with E-state index in [-0.39, 0.29) is 21.5 Å². The van der Waals surface area contributed by atoms with E-state index in [0.717, 1.165) is 0 Å². The zero-order chi connectivity index (χ0) is 20.8. The Bertz CT molecular complexity index is 980. The molecule has 0 unspecified atom stereocenters. The molecule has 0 fully saturated rings. The van der Waals surface area contributed by atoms with Crippen molar-refractivity contribution in [2.75, 3.05) is 23.4 Å². The van der Waals surface area contributed by atoms with E-state index < -0.39 is 17.6 Å². The van der Waals surface area contributed by atoms with E-state index in [2.05, 4.69) is 10.6 Å². The molecule has 0 atom stereocenters. The summed E-state index contributed by atoms with van der Waals surface area (Å²) in [6, 6.07) is 8.03. The number of ether oxygens (including phenoxy) is 1. The van der Waals surface area contributed by atoms with Gasteiger partial charge in [0, 0.05) is 18.8 Å². The maximum Gasteiger partial charge on any atom is 0.326 e. The Balaban J connectivity index is 2.16. The minimum absolute atomic E-state index is 0.0988. The lowest BCUT2D eigenvalue weighted by molar-refractivity contribution is -0.113. The molecule has 11 heteroatoms. The molecular formula is C17H14Cl2N6O3. The van der Waals surface area contributed by atoms with E-state index in [9.17, 15) is 9.59 Å². The van der Waals surface area contributed by atoms with Gasteiger partial charge in [0.05, 0.1) is 21.4 Å². The molecule has 28 heavy (non-hydrogen) atoms. The molecule has 0 saturated heterocycles. The summed E-state index contributed by atoms with van der Waals surface area (Å²) in [5.41, 5.74) is 6.28. The van der Waals surface area contributed by atoms with Gasteiger partial charge >= 0.3 is 6.03 Å². The normalized spacial score (nSPS) is 9.79. The second-order valence-electron chi connectivity index (χ2n) is 5.27. The van der Waals surface area contributed by atoms with Gasteiger partial charge in [0.15, 0.2) is 11.5 Å². The number of hydrogen-bond acceptors (Lipinski definition) is 7. The topological polar surface area (TPSA) is 153 Å².